The zero-order chi connectivity index (χ0) is 22.1. The predicted molar refractivity (Wildman–Crippen MR) is 123 cm³/mol. The number of hydrogen-bond acceptors (Lipinski definition) is 3. The van der Waals surface area contributed by atoms with Crippen LogP contribution in [-0.2, 0) is 16.1 Å². The Morgan fingerprint density at radius 3 is 2.57 bits per heavy atom. The van der Waals surface area contributed by atoms with Crippen LogP contribution in [0.15, 0.2) is 46.9 Å². The summed E-state index contributed by atoms with van der Waals surface area (Å²) in [6, 6.07) is 12.9. The summed E-state index contributed by atoms with van der Waals surface area (Å²) in [5.41, 5.74) is 3.22. The lowest BCUT2D eigenvalue weighted by atomic mass is 10.1. The number of rotatable bonds is 10. The van der Waals surface area contributed by atoms with E-state index in [1.807, 2.05) is 56.3 Å². The predicted octanol–water partition coefficient (Wildman–Crippen LogP) is 4.78. The van der Waals surface area contributed by atoms with Gasteiger partial charge in [0.15, 0.2) is 6.61 Å². The SMILES string of the molecule is CCCCNC(=O)C(C)N(Cc1cccc(Br)c1)C(=O)COc1ccc(C)c(C)c1. The first-order valence-electron chi connectivity index (χ1n) is 10.3. The molecule has 0 saturated carbocycles. The summed E-state index contributed by atoms with van der Waals surface area (Å²) >= 11 is 3.46. The van der Waals surface area contributed by atoms with E-state index in [4.69, 9.17) is 4.74 Å². The zero-order valence-corrected chi connectivity index (χ0v) is 19.8. The van der Waals surface area contributed by atoms with E-state index in [9.17, 15) is 9.59 Å². The Hall–Kier alpha value is -2.34. The van der Waals surface area contributed by atoms with Gasteiger partial charge in [-0.15, -0.1) is 0 Å². The van der Waals surface area contributed by atoms with Crippen molar-refractivity contribution in [2.45, 2.75) is 53.1 Å². The number of nitrogens with zero attached hydrogens (tertiary/aromatic N) is 1. The van der Waals surface area contributed by atoms with E-state index in [-0.39, 0.29) is 18.4 Å². The number of halogens is 1. The second-order valence-corrected chi connectivity index (χ2v) is 8.42. The molecule has 2 rings (SSSR count). The highest BCUT2D eigenvalue weighted by molar-refractivity contribution is 9.10. The average molecular weight is 475 g/mol. The molecule has 2 amide bonds. The van der Waals surface area contributed by atoms with Gasteiger partial charge in [-0.3, -0.25) is 9.59 Å². The first kappa shape index (κ1) is 23.9. The molecule has 5 nitrogen and oxygen atoms in total. The molecular formula is C24H31BrN2O3. The van der Waals surface area contributed by atoms with Gasteiger partial charge >= 0.3 is 0 Å². The summed E-state index contributed by atoms with van der Waals surface area (Å²) in [5, 5.41) is 2.92. The molecule has 0 saturated heterocycles. The van der Waals surface area contributed by atoms with Crippen molar-refractivity contribution < 1.29 is 14.3 Å². The molecule has 1 unspecified atom stereocenters. The normalized spacial score (nSPS) is 11.6. The number of aryl methyl sites for hydroxylation is 2. The van der Waals surface area contributed by atoms with Gasteiger partial charge in [-0.1, -0.05) is 47.5 Å². The number of carbonyl (C=O) groups is 2. The maximum atomic E-state index is 13.0. The molecule has 0 bridgehead atoms. The smallest absolute Gasteiger partial charge is 0.261 e. The lowest BCUT2D eigenvalue weighted by Crippen LogP contribution is -2.49. The Balaban J connectivity index is 2.12. The third-order valence-electron chi connectivity index (χ3n) is 5.08. The van der Waals surface area contributed by atoms with E-state index < -0.39 is 6.04 Å². The minimum absolute atomic E-state index is 0.122. The van der Waals surface area contributed by atoms with Crippen LogP contribution in [-0.4, -0.2) is 35.9 Å². The Morgan fingerprint density at radius 1 is 1.13 bits per heavy atom. The first-order chi connectivity index (χ1) is 14.3. The third kappa shape index (κ3) is 7.17. The zero-order valence-electron chi connectivity index (χ0n) is 18.2. The van der Waals surface area contributed by atoms with Crippen molar-refractivity contribution in [3.63, 3.8) is 0 Å². The summed E-state index contributed by atoms with van der Waals surface area (Å²) in [4.78, 5) is 27.2. The highest BCUT2D eigenvalue weighted by atomic mass is 79.9. The molecular weight excluding hydrogens is 444 g/mol. The van der Waals surface area contributed by atoms with Gasteiger partial charge in [-0.25, -0.2) is 0 Å². The van der Waals surface area contributed by atoms with Gasteiger partial charge in [0.1, 0.15) is 11.8 Å². The Kier molecular flexibility index (Phi) is 9.37. The lowest BCUT2D eigenvalue weighted by Gasteiger charge is -2.29. The fourth-order valence-corrected chi connectivity index (χ4v) is 3.43. The van der Waals surface area contributed by atoms with Gasteiger partial charge in [0.2, 0.25) is 5.91 Å². The van der Waals surface area contributed by atoms with Gasteiger partial charge in [0.25, 0.3) is 5.91 Å². The van der Waals surface area contributed by atoms with E-state index in [1.54, 1.807) is 11.8 Å². The summed E-state index contributed by atoms with van der Waals surface area (Å²) in [6.07, 6.45) is 1.91. The van der Waals surface area contributed by atoms with Crippen molar-refractivity contribution in [3.05, 3.63) is 63.6 Å². The minimum Gasteiger partial charge on any atom is -0.484 e. The number of unbranched alkanes of at least 4 members (excludes halogenated alkanes) is 1. The van der Waals surface area contributed by atoms with E-state index in [2.05, 4.69) is 28.2 Å². The van der Waals surface area contributed by atoms with Crippen molar-refractivity contribution in [3.8, 4) is 5.75 Å². The summed E-state index contributed by atoms with van der Waals surface area (Å²) in [6.45, 7) is 8.68. The summed E-state index contributed by atoms with van der Waals surface area (Å²) < 4.78 is 6.67. The van der Waals surface area contributed by atoms with Crippen LogP contribution in [0.4, 0.5) is 0 Å². The third-order valence-corrected chi connectivity index (χ3v) is 5.57. The molecule has 0 fully saturated rings. The highest BCUT2D eigenvalue weighted by Crippen LogP contribution is 2.18. The van der Waals surface area contributed by atoms with Crippen molar-refractivity contribution in [2.75, 3.05) is 13.2 Å². The van der Waals surface area contributed by atoms with Crippen LogP contribution < -0.4 is 10.1 Å². The second kappa shape index (κ2) is 11.7. The largest absolute Gasteiger partial charge is 0.484 e. The number of benzene rings is 2. The molecule has 30 heavy (non-hydrogen) atoms. The topological polar surface area (TPSA) is 58.6 Å². The average Bonchev–Trinajstić information content (AvgIpc) is 2.72. The van der Waals surface area contributed by atoms with Gasteiger partial charge in [0, 0.05) is 17.6 Å². The van der Waals surface area contributed by atoms with Crippen LogP contribution in [0.2, 0.25) is 0 Å². The minimum atomic E-state index is -0.600. The molecule has 0 aliphatic carbocycles. The molecule has 0 aromatic heterocycles. The number of carbonyl (C=O) groups excluding carboxylic acids is 2. The Labute approximate surface area is 187 Å². The van der Waals surface area contributed by atoms with Gasteiger partial charge in [-0.05, 0) is 68.1 Å². The Bertz CT molecular complexity index is 869. The van der Waals surface area contributed by atoms with E-state index in [1.165, 1.54) is 5.56 Å². The molecule has 0 aliphatic rings. The van der Waals surface area contributed by atoms with Crippen molar-refractivity contribution >= 4 is 27.7 Å². The Morgan fingerprint density at radius 2 is 1.90 bits per heavy atom. The monoisotopic (exact) mass is 474 g/mol. The fraction of sp³-hybridized carbons (Fsp3) is 0.417. The van der Waals surface area contributed by atoms with Crippen LogP contribution in [0.1, 0.15) is 43.4 Å². The van der Waals surface area contributed by atoms with Gasteiger partial charge in [0.05, 0.1) is 0 Å². The molecule has 0 heterocycles. The van der Waals surface area contributed by atoms with Crippen molar-refractivity contribution in [1.29, 1.82) is 0 Å². The molecule has 2 aromatic rings. The molecule has 0 radical (unpaired) electrons. The van der Waals surface area contributed by atoms with E-state index in [0.29, 0.717) is 18.8 Å². The highest BCUT2D eigenvalue weighted by Gasteiger charge is 2.26. The van der Waals surface area contributed by atoms with Crippen LogP contribution in [0.25, 0.3) is 0 Å². The van der Waals surface area contributed by atoms with Crippen molar-refractivity contribution in [1.82, 2.24) is 10.2 Å². The second-order valence-electron chi connectivity index (χ2n) is 7.51. The summed E-state index contributed by atoms with van der Waals surface area (Å²) in [7, 11) is 0. The van der Waals surface area contributed by atoms with E-state index >= 15 is 0 Å². The number of ether oxygens (including phenoxy) is 1. The molecule has 6 heteroatoms. The molecule has 0 spiro atoms. The molecule has 1 N–H and O–H groups in total. The molecule has 1 atom stereocenters. The lowest BCUT2D eigenvalue weighted by molar-refractivity contribution is -0.142. The quantitative estimate of drug-likeness (QED) is 0.504. The maximum Gasteiger partial charge on any atom is 0.261 e. The number of nitrogens with one attached hydrogen (secondary N) is 1. The van der Waals surface area contributed by atoms with E-state index in [0.717, 1.165) is 28.4 Å². The van der Waals surface area contributed by atoms with Crippen LogP contribution in [0.5, 0.6) is 5.75 Å². The first-order valence-corrected chi connectivity index (χ1v) is 11.1. The molecule has 2 aromatic carbocycles. The van der Waals surface area contributed by atoms with Crippen LogP contribution >= 0.6 is 15.9 Å². The summed E-state index contributed by atoms with van der Waals surface area (Å²) in [5.74, 6) is 0.262. The fourth-order valence-electron chi connectivity index (χ4n) is 2.98. The standard InChI is InChI=1S/C24H31BrN2O3/c1-5-6-12-26-24(29)19(4)27(15-20-8-7-9-21(25)14-20)23(28)16-30-22-11-10-17(2)18(3)13-22/h7-11,13-14,19H,5-6,12,15-16H2,1-4H3,(H,26,29). The number of hydrogen-bond donors (Lipinski definition) is 1. The van der Waals surface area contributed by atoms with Crippen LogP contribution in [0.3, 0.4) is 0 Å². The van der Waals surface area contributed by atoms with Gasteiger partial charge in [-0.2, -0.15) is 0 Å². The van der Waals surface area contributed by atoms with Crippen molar-refractivity contribution in [2.24, 2.45) is 0 Å². The number of amides is 2. The molecule has 162 valence electrons. The molecule has 0 aliphatic heterocycles. The van der Waals surface area contributed by atoms with Gasteiger partial charge < -0.3 is 15.0 Å². The maximum absolute atomic E-state index is 13.0. The van der Waals surface area contributed by atoms with Crippen LogP contribution in [0, 0.1) is 13.8 Å².